The number of benzene rings is 2. The molecule has 11 heteroatoms. The molecular formula is C29H34N4O6S. The predicted octanol–water partition coefficient (Wildman–Crippen LogP) is 2.37. The third kappa shape index (κ3) is 4.23. The van der Waals surface area contributed by atoms with Crippen molar-refractivity contribution in [3.63, 3.8) is 0 Å². The van der Waals surface area contributed by atoms with Crippen LogP contribution in [0.15, 0.2) is 59.0 Å². The zero-order valence-corrected chi connectivity index (χ0v) is 23.8. The number of anilines is 1. The van der Waals surface area contributed by atoms with Gasteiger partial charge in [-0.25, -0.2) is 8.42 Å². The van der Waals surface area contributed by atoms with Crippen LogP contribution in [0, 0.1) is 0 Å². The molecule has 0 bridgehead atoms. The molecule has 3 aliphatic rings. The van der Waals surface area contributed by atoms with Crippen molar-refractivity contribution in [1.29, 1.82) is 0 Å². The van der Waals surface area contributed by atoms with Crippen LogP contribution in [0.25, 0.3) is 5.76 Å². The summed E-state index contributed by atoms with van der Waals surface area (Å²) < 4.78 is 28.2. The summed E-state index contributed by atoms with van der Waals surface area (Å²) in [6, 6.07) is 12.6. The molecule has 5 rings (SSSR count). The lowest BCUT2D eigenvalue weighted by Crippen LogP contribution is -2.51. The Labute approximate surface area is 234 Å². The molecule has 3 aliphatic heterocycles. The number of hydrogen-bond donors (Lipinski definition) is 1. The van der Waals surface area contributed by atoms with E-state index in [-0.39, 0.29) is 22.6 Å². The van der Waals surface area contributed by atoms with Gasteiger partial charge < -0.3 is 19.8 Å². The fraction of sp³-hybridized carbons (Fsp3) is 0.414. The molecule has 1 N–H and O–H groups in total. The number of amides is 2. The SMILES string of the molecule is CN(C)CCCN1C(=O)C(=O)C(=C(O)c2cccc(S(=O)(=O)N3CCCCC3)c2)C12C(=O)N(C)c1ccccc12. The number of aliphatic hydroxyl groups is 1. The Morgan fingerprint density at radius 1 is 1.00 bits per heavy atom. The Morgan fingerprint density at radius 2 is 1.70 bits per heavy atom. The Kier molecular flexibility index (Phi) is 7.32. The first-order valence-corrected chi connectivity index (χ1v) is 14.9. The maximum atomic E-state index is 14.1. The highest BCUT2D eigenvalue weighted by atomic mass is 32.2. The average Bonchev–Trinajstić information content (AvgIpc) is 3.31. The van der Waals surface area contributed by atoms with Crippen molar-refractivity contribution in [3.05, 3.63) is 65.2 Å². The molecule has 2 saturated heterocycles. The summed E-state index contributed by atoms with van der Waals surface area (Å²) in [5.74, 6) is -2.97. The van der Waals surface area contributed by atoms with Gasteiger partial charge in [0.05, 0.1) is 10.5 Å². The van der Waals surface area contributed by atoms with E-state index in [0.717, 1.165) is 19.3 Å². The minimum atomic E-state index is -3.84. The number of carbonyl (C=O) groups excluding carboxylic acids is 3. The molecule has 2 amide bonds. The van der Waals surface area contributed by atoms with Gasteiger partial charge in [0.2, 0.25) is 10.0 Å². The zero-order valence-electron chi connectivity index (χ0n) is 23.0. The van der Waals surface area contributed by atoms with Crippen LogP contribution in [0.4, 0.5) is 5.69 Å². The second-order valence-corrected chi connectivity index (χ2v) is 12.7. The van der Waals surface area contributed by atoms with E-state index in [2.05, 4.69) is 0 Å². The zero-order chi connectivity index (χ0) is 28.8. The van der Waals surface area contributed by atoms with Gasteiger partial charge in [-0.05, 0) is 58.1 Å². The van der Waals surface area contributed by atoms with Gasteiger partial charge in [0.1, 0.15) is 5.76 Å². The second-order valence-electron chi connectivity index (χ2n) is 10.8. The number of para-hydroxylation sites is 1. The minimum absolute atomic E-state index is 0.0250. The Morgan fingerprint density at radius 3 is 2.40 bits per heavy atom. The molecule has 1 atom stereocenters. The number of sulfonamides is 1. The molecule has 0 aromatic heterocycles. The molecule has 10 nitrogen and oxygen atoms in total. The number of hydrogen-bond acceptors (Lipinski definition) is 7. The lowest BCUT2D eigenvalue weighted by molar-refractivity contribution is -0.143. The van der Waals surface area contributed by atoms with Gasteiger partial charge in [-0.1, -0.05) is 36.8 Å². The van der Waals surface area contributed by atoms with Gasteiger partial charge in [0, 0.05) is 43.5 Å². The normalized spacial score (nSPS) is 23.1. The average molecular weight is 567 g/mol. The number of aliphatic hydroxyl groups excluding tert-OH is 1. The topological polar surface area (TPSA) is 119 Å². The van der Waals surface area contributed by atoms with Crippen LogP contribution < -0.4 is 4.90 Å². The first-order chi connectivity index (χ1) is 19.0. The van der Waals surface area contributed by atoms with Gasteiger partial charge in [0.15, 0.2) is 5.54 Å². The molecule has 40 heavy (non-hydrogen) atoms. The van der Waals surface area contributed by atoms with E-state index >= 15 is 0 Å². The summed E-state index contributed by atoms with van der Waals surface area (Å²) in [5, 5.41) is 11.7. The fourth-order valence-corrected chi connectivity index (χ4v) is 7.58. The van der Waals surface area contributed by atoms with Crippen molar-refractivity contribution in [2.24, 2.45) is 0 Å². The number of piperidine rings is 1. The molecule has 2 aromatic rings. The molecule has 1 spiro atoms. The van der Waals surface area contributed by atoms with Gasteiger partial charge in [-0.15, -0.1) is 0 Å². The number of carbonyl (C=O) groups is 3. The fourth-order valence-electron chi connectivity index (χ4n) is 6.02. The van der Waals surface area contributed by atoms with Gasteiger partial charge in [-0.2, -0.15) is 4.31 Å². The minimum Gasteiger partial charge on any atom is -0.507 e. The van der Waals surface area contributed by atoms with Crippen LogP contribution in [0.2, 0.25) is 0 Å². The van der Waals surface area contributed by atoms with Crippen LogP contribution in [0.5, 0.6) is 0 Å². The highest BCUT2D eigenvalue weighted by Crippen LogP contribution is 2.53. The molecule has 212 valence electrons. The van der Waals surface area contributed by atoms with Gasteiger partial charge in [-0.3, -0.25) is 14.4 Å². The van der Waals surface area contributed by atoms with Crippen LogP contribution in [-0.4, -0.2) is 92.5 Å². The van der Waals surface area contributed by atoms with Crippen LogP contribution >= 0.6 is 0 Å². The molecule has 1 unspecified atom stereocenters. The predicted molar refractivity (Wildman–Crippen MR) is 150 cm³/mol. The van der Waals surface area contributed by atoms with Crippen LogP contribution in [0.3, 0.4) is 0 Å². The van der Waals surface area contributed by atoms with Gasteiger partial charge in [0.25, 0.3) is 17.6 Å². The standard InChI is InChI=1S/C29H34N4O6S/c1-30(2)15-10-18-33-27(36)26(35)24(29(33)22-13-5-6-14-23(22)31(3)28(29)37)25(34)20-11-9-12-21(19-20)40(38,39)32-16-7-4-8-17-32/h5-6,9,11-14,19,34H,4,7-8,10,15-18H2,1-3H3. The van der Waals surface area contributed by atoms with Crippen molar-refractivity contribution >= 4 is 39.1 Å². The molecular weight excluding hydrogens is 532 g/mol. The second kappa shape index (κ2) is 10.5. The Hall–Kier alpha value is -3.54. The Balaban J connectivity index is 1.69. The number of rotatable bonds is 7. The smallest absolute Gasteiger partial charge is 0.296 e. The number of ketones is 1. The van der Waals surface area contributed by atoms with E-state index in [1.807, 2.05) is 19.0 Å². The highest BCUT2D eigenvalue weighted by Gasteiger charge is 2.66. The number of Topliss-reactive ketones (excluding diaryl/α,β-unsaturated/α-hetero) is 1. The monoisotopic (exact) mass is 566 g/mol. The van der Waals surface area contributed by atoms with E-state index in [0.29, 0.717) is 37.3 Å². The summed E-state index contributed by atoms with van der Waals surface area (Å²) in [5.41, 5.74) is -1.22. The number of nitrogens with zero attached hydrogens (tertiary/aromatic N) is 4. The molecule has 2 fully saturated rings. The van der Waals surface area contributed by atoms with E-state index in [9.17, 15) is 27.9 Å². The quantitative estimate of drug-likeness (QED) is 0.311. The number of likely N-dealkylation sites (tertiary alicyclic amines) is 1. The first kappa shape index (κ1) is 28.0. The van der Waals surface area contributed by atoms with E-state index in [1.165, 1.54) is 38.4 Å². The first-order valence-electron chi connectivity index (χ1n) is 13.5. The lowest BCUT2D eigenvalue weighted by Gasteiger charge is -2.34. The van der Waals surface area contributed by atoms with Crippen molar-refractivity contribution in [2.45, 2.75) is 36.1 Å². The molecule has 3 heterocycles. The van der Waals surface area contributed by atoms with E-state index in [1.54, 1.807) is 31.3 Å². The summed E-state index contributed by atoms with van der Waals surface area (Å²) in [4.78, 5) is 45.9. The number of likely N-dealkylation sites (N-methyl/N-ethyl adjacent to an activating group) is 1. The summed E-state index contributed by atoms with van der Waals surface area (Å²) in [6.45, 7) is 1.54. The van der Waals surface area contributed by atoms with Crippen molar-refractivity contribution in [3.8, 4) is 0 Å². The lowest BCUT2D eigenvalue weighted by atomic mass is 9.82. The van der Waals surface area contributed by atoms with Crippen LogP contribution in [0.1, 0.15) is 36.8 Å². The van der Waals surface area contributed by atoms with Gasteiger partial charge >= 0.3 is 0 Å². The summed E-state index contributed by atoms with van der Waals surface area (Å²) >= 11 is 0. The number of fused-ring (bicyclic) bond motifs is 2. The largest absolute Gasteiger partial charge is 0.507 e. The van der Waals surface area contributed by atoms with E-state index in [4.69, 9.17) is 0 Å². The highest BCUT2D eigenvalue weighted by molar-refractivity contribution is 7.89. The van der Waals surface area contributed by atoms with Crippen molar-refractivity contribution < 1.29 is 27.9 Å². The summed E-state index contributed by atoms with van der Waals surface area (Å²) in [7, 11) is 1.51. The molecule has 0 saturated carbocycles. The van der Waals surface area contributed by atoms with E-state index < -0.39 is 38.9 Å². The maximum Gasteiger partial charge on any atom is 0.296 e. The van der Waals surface area contributed by atoms with Crippen molar-refractivity contribution in [1.82, 2.24) is 14.1 Å². The third-order valence-electron chi connectivity index (χ3n) is 7.99. The Bertz CT molecular complexity index is 1510. The van der Waals surface area contributed by atoms with Crippen molar-refractivity contribution in [2.75, 3.05) is 52.2 Å². The molecule has 0 radical (unpaired) electrons. The molecule has 2 aromatic carbocycles. The summed E-state index contributed by atoms with van der Waals surface area (Å²) in [6.07, 6.45) is 2.99. The molecule has 0 aliphatic carbocycles. The maximum absolute atomic E-state index is 14.1. The van der Waals surface area contributed by atoms with Crippen LogP contribution in [-0.2, 0) is 29.9 Å². The third-order valence-corrected chi connectivity index (χ3v) is 9.88.